The molecule has 1 aliphatic heterocycles. The van der Waals surface area contributed by atoms with Gasteiger partial charge in [0, 0.05) is 52.1 Å². The number of carbonyl (C=O) groups excluding carboxylic acids is 1. The van der Waals surface area contributed by atoms with Gasteiger partial charge < -0.3 is 14.8 Å². The molecule has 1 spiro atoms. The highest BCUT2D eigenvalue weighted by molar-refractivity contribution is 7.84. The van der Waals surface area contributed by atoms with Gasteiger partial charge in [0.05, 0.1) is 0 Å². The minimum absolute atomic E-state index is 0.218. The van der Waals surface area contributed by atoms with Crippen LogP contribution in [-0.2, 0) is 10.8 Å². The van der Waals surface area contributed by atoms with E-state index in [0.717, 1.165) is 31.4 Å². The van der Waals surface area contributed by atoms with Gasteiger partial charge in [0.15, 0.2) is 11.5 Å². The van der Waals surface area contributed by atoms with Gasteiger partial charge in [-0.05, 0) is 49.2 Å². The lowest BCUT2D eigenvalue weighted by Crippen LogP contribution is -2.40. The first-order valence-electron chi connectivity index (χ1n) is 8.82. The fourth-order valence-electron chi connectivity index (χ4n) is 3.47. The Hall–Kier alpha value is -2.34. The minimum atomic E-state index is -1.06. The number of carbonyl (C=O) groups is 1. The molecule has 5 nitrogen and oxygen atoms in total. The molecule has 4 rings (SSSR count). The lowest BCUT2D eigenvalue weighted by molar-refractivity contribution is -0.105. The molecule has 1 heterocycles. The number of nitrogens with one attached hydrogen (secondary N) is 1. The normalized spacial score (nSPS) is 18.5. The van der Waals surface area contributed by atoms with Crippen molar-refractivity contribution < 1.29 is 18.5 Å². The molecule has 2 aromatic carbocycles. The zero-order chi connectivity index (χ0) is 18.1. The maximum absolute atomic E-state index is 12.4. The second-order valence-corrected chi connectivity index (χ2v) is 8.15. The zero-order valence-corrected chi connectivity index (χ0v) is 15.4. The van der Waals surface area contributed by atoms with E-state index in [1.165, 1.54) is 6.42 Å². The molecule has 6 heteroatoms. The summed E-state index contributed by atoms with van der Waals surface area (Å²) in [5.74, 6) is 0.681. The molecule has 1 unspecified atom stereocenters. The number of rotatable bonds is 3. The van der Waals surface area contributed by atoms with Crippen LogP contribution in [0.25, 0.3) is 0 Å². The molecule has 1 aliphatic carbocycles. The van der Waals surface area contributed by atoms with Crippen LogP contribution in [0.15, 0.2) is 47.4 Å². The van der Waals surface area contributed by atoms with E-state index in [1.54, 1.807) is 30.5 Å². The van der Waals surface area contributed by atoms with Crippen LogP contribution < -0.4 is 14.8 Å². The Bertz CT molecular complexity index is 857. The SMILES string of the molecule is CS(=O)c1ccc(C(=O)Nc2ccc3c(c2)OC2(CCCCC2)O3)cc1. The molecule has 0 bridgehead atoms. The summed E-state index contributed by atoms with van der Waals surface area (Å²) < 4.78 is 23.6. The maximum atomic E-state index is 12.4. The van der Waals surface area contributed by atoms with Crippen molar-refractivity contribution in [2.75, 3.05) is 11.6 Å². The third-order valence-corrected chi connectivity index (χ3v) is 5.79. The van der Waals surface area contributed by atoms with Gasteiger partial charge in [-0.25, -0.2) is 0 Å². The summed E-state index contributed by atoms with van der Waals surface area (Å²) in [7, 11) is -1.06. The Balaban J connectivity index is 1.47. The fourth-order valence-corrected chi connectivity index (χ4v) is 3.99. The van der Waals surface area contributed by atoms with Crippen LogP contribution >= 0.6 is 0 Å². The smallest absolute Gasteiger partial charge is 0.255 e. The molecule has 1 atom stereocenters. The Kier molecular flexibility index (Phi) is 4.44. The number of hydrogen-bond donors (Lipinski definition) is 1. The summed E-state index contributed by atoms with van der Waals surface area (Å²) in [4.78, 5) is 13.1. The van der Waals surface area contributed by atoms with E-state index in [1.807, 2.05) is 18.2 Å². The Morgan fingerprint density at radius 1 is 1.00 bits per heavy atom. The molecule has 26 heavy (non-hydrogen) atoms. The highest BCUT2D eigenvalue weighted by atomic mass is 32.2. The van der Waals surface area contributed by atoms with E-state index in [2.05, 4.69) is 5.32 Å². The van der Waals surface area contributed by atoms with Gasteiger partial charge in [-0.15, -0.1) is 0 Å². The Labute approximate surface area is 155 Å². The van der Waals surface area contributed by atoms with Crippen molar-refractivity contribution in [3.63, 3.8) is 0 Å². The number of ether oxygens (including phenoxy) is 2. The molecule has 1 fully saturated rings. The number of anilines is 1. The average molecular weight is 371 g/mol. The molecule has 1 amide bonds. The summed E-state index contributed by atoms with van der Waals surface area (Å²) in [6, 6.07) is 12.2. The monoisotopic (exact) mass is 371 g/mol. The average Bonchev–Trinajstić information content (AvgIpc) is 2.98. The largest absolute Gasteiger partial charge is 0.448 e. The van der Waals surface area contributed by atoms with E-state index in [4.69, 9.17) is 9.47 Å². The van der Waals surface area contributed by atoms with Crippen molar-refractivity contribution in [2.45, 2.75) is 42.8 Å². The summed E-state index contributed by atoms with van der Waals surface area (Å²) in [5.41, 5.74) is 1.17. The molecule has 1 N–H and O–H groups in total. The molecule has 2 aliphatic rings. The molecule has 136 valence electrons. The van der Waals surface area contributed by atoms with Crippen LogP contribution in [0.1, 0.15) is 42.5 Å². The standard InChI is InChI=1S/C20H21NO4S/c1-26(23)16-8-5-14(6-9-16)19(22)21-15-7-10-17-18(13-15)25-20(24-17)11-3-2-4-12-20/h5-10,13H,2-4,11-12H2,1H3,(H,21,22). The predicted molar refractivity (Wildman–Crippen MR) is 100 cm³/mol. The van der Waals surface area contributed by atoms with E-state index in [0.29, 0.717) is 21.9 Å². The Morgan fingerprint density at radius 2 is 1.69 bits per heavy atom. The minimum Gasteiger partial charge on any atom is -0.448 e. The van der Waals surface area contributed by atoms with E-state index >= 15 is 0 Å². The number of amides is 1. The van der Waals surface area contributed by atoms with Crippen LogP contribution in [0.3, 0.4) is 0 Å². The molecule has 1 saturated carbocycles. The topological polar surface area (TPSA) is 64.6 Å². The van der Waals surface area contributed by atoms with Crippen molar-refractivity contribution in [1.82, 2.24) is 0 Å². The highest BCUT2D eigenvalue weighted by Gasteiger charge is 2.42. The van der Waals surface area contributed by atoms with E-state index in [9.17, 15) is 9.00 Å². The first-order valence-corrected chi connectivity index (χ1v) is 10.4. The zero-order valence-electron chi connectivity index (χ0n) is 14.6. The Morgan fingerprint density at radius 3 is 2.38 bits per heavy atom. The number of hydrogen-bond acceptors (Lipinski definition) is 4. The molecule has 2 aromatic rings. The van der Waals surface area contributed by atoms with Crippen molar-refractivity contribution >= 4 is 22.4 Å². The van der Waals surface area contributed by atoms with Gasteiger partial charge in [0.1, 0.15) is 0 Å². The van der Waals surface area contributed by atoms with Gasteiger partial charge in [0.25, 0.3) is 11.7 Å². The molecule has 0 saturated heterocycles. The van der Waals surface area contributed by atoms with Crippen LogP contribution in [0.4, 0.5) is 5.69 Å². The van der Waals surface area contributed by atoms with Crippen molar-refractivity contribution in [3.8, 4) is 11.5 Å². The molecule has 0 radical (unpaired) electrons. The maximum Gasteiger partial charge on any atom is 0.255 e. The van der Waals surface area contributed by atoms with Crippen molar-refractivity contribution in [2.24, 2.45) is 0 Å². The van der Waals surface area contributed by atoms with Gasteiger partial charge in [-0.1, -0.05) is 6.42 Å². The van der Waals surface area contributed by atoms with Crippen LogP contribution in [0.5, 0.6) is 11.5 Å². The van der Waals surface area contributed by atoms with Crippen molar-refractivity contribution in [1.29, 1.82) is 0 Å². The molecule has 0 aromatic heterocycles. The third-order valence-electron chi connectivity index (χ3n) is 4.86. The predicted octanol–water partition coefficient (Wildman–Crippen LogP) is 4.11. The fraction of sp³-hybridized carbons (Fsp3) is 0.350. The molecular weight excluding hydrogens is 350 g/mol. The highest BCUT2D eigenvalue weighted by Crippen LogP contribution is 2.46. The van der Waals surface area contributed by atoms with Crippen LogP contribution in [-0.4, -0.2) is 22.2 Å². The quantitative estimate of drug-likeness (QED) is 0.882. The first kappa shape index (κ1) is 17.1. The van der Waals surface area contributed by atoms with Gasteiger partial charge in [-0.3, -0.25) is 9.00 Å². The number of fused-ring (bicyclic) bond motifs is 1. The summed E-state index contributed by atoms with van der Waals surface area (Å²) in [6.07, 6.45) is 6.84. The van der Waals surface area contributed by atoms with Gasteiger partial charge >= 0.3 is 0 Å². The summed E-state index contributed by atoms with van der Waals surface area (Å²) in [5, 5.41) is 2.88. The van der Waals surface area contributed by atoms with E-state index < -0.39 is 16.6 Å². The first-order chi connectivity index (χ1) is 12.5. The summed E-state index contributed by atoms with van der Waals surface area (Å²) >= 11 is 0. The van der Waals surface area contributed by atoms with E-state index in [-0.39, 0.29) is 5.91 Å². The lowest BCUT2D eigenvalue weighted by atomic mass is 9.94. The second-order valence-electron chi connectivity index (χ2n) is 6.77. The van der Waals surface area contributed by atoms with Gasteiger partial charge in [-0.2, -0.15) is 0 Å². The third kappa shape index (κ3) is 3.33. The van der Waals surface area contributed by atoms with Crippen LogP contribution in [0.2, 0.25) is 0 Å². The van der Waals surface area contributed by atoms with Gasteiger partial charge in [0.2, 0.25) is 0 Å². The van der Waals surface area contributed by atoms with Crippen molar-refractivity contribution in [3.05, 3.63) is 48.0 Å². The number of benzene rings is 2. The second kappa shape index (κ2) is 6.76. The molecular formula is C20H21NO4S. The summed E-state index contributed by atoms with van der Waals surface area (Å²) in [6.45, 7) is 0. The lowest BCUT2D eigenvalue weighted by Gasteiger charge is -2.31. The van der Waals surface area contributed by atoms with Crippen LogP contribution in [0, 0.1) is 0 Å².